The Morgan fingerprint density at radius 1 is 0.260 bits per heavy atom. The summed E-state index contributed by atoms with van der Waals surface area (Å²) in [5, 5.41) is 34.9. The van der Waals surface area contributed by atoms with Crippen LogP contribution in [0, 0.1) is 41.4 Å². The molecule has 0 heterocycles. The molecule has 14 amide bonds. The number of hydrogen-bond donors (Lipinski definition) is 18. The fraction of sp³-hybridized carbons (Fsp3) is 0.806. The van der Waals surface area contributed by atoms with Crippen LogP contribution in [0.3, 0.4) is 0 Å². The minimum absolute atomic E-state index is 0.0115. The number of nitrogens with one attached hydrogen (secondary N) is 13. The van der Waals surface area contributed by atoms with Crippen LogP contribution in [-0.4, -0.2) is 187 Å². The van der Waals surface area contributed by atoms with Crippen LogP contribution in [0.25, 0.3) is 0 Å². The quantitative estimate of drug-likeness (QED) is 0.0353. The summed E-state index contributed by atoms with van der Waals surface area (Å²) in [6.45, 7) is 32.2. The maximum absolute atomic E-state index is 14.2. The van der Waals surface area contributed by atoms with Gasteiger partial charge in [-0.1, -0.05) is 103 Å². The lowest BCUT2D eigenvalue weighted by molar-refractivity contribution is -0.136. The van der Waals surface area contributed by atoms with Gasteiger partial charge in [-0.2, -0.15) is 0 Å². The first-order valence-corrected chi connectivity index (χ1v) is 37.6. The van der Waals surface area contributed by atoms with Gasteiger partial charge in [0.15, 0.2) is 0 Å². The molecule has 0 aliphatic carbocycles. The third-order valence-corrected chi connectivity index (χ3v) is 17.3. The highest BCUT2D eigenvalue weighted by Crippen LogP contribution is 2.16. The zero-order chi connectivity index (χ0) is 79.8. The van der Waals surface area contributed by atoms with Gasteiger partial charge in [-0.15, -0.1) is 0 Å². The summed E-state index contributed by atoms with van der Waals surface area (Å²) in [5.74, 6) is -10.7. The molecule has 0 spiro atoms. The van der Waals surface area contributed by atoms with Crippen LogP contribution in [-0.2, 0) is 67.1 Å². The lowest BCUT2D eigenvalue weighted by Gasteiger charge is -2.29. The number of nitrogens with two attached hydrogens (primary N) is 5. The third kappa shape index (κ3) is 39.0. The van der Waals surface area contributed by atoms with E-state index in [0.29, 0.717) is 64.5 Å². The van der Waals surface area contributed by atoms with Crippen molar-refractivity contribution < 1.29 is 67.1 Å². The highest BCUT2D eigenvalue weighted by Gasteiger charge is 2.37. The molecule has 0 radical (unpaired) electrons. The largest absolute Gasteiger partial charge is 0.368 e. The molecule has 598 valence electrons. The second-order valence-corrected chi connectivity index (χ2v) is 30.4. The minimum Gasteiger partial charge on any atom is -0.368 e. The number of hydrogen-bond acceptors (Lipinski definition) is 18. The molecule has 0 unspecified atom stereocenters. The maximum Gasteiger partial charge on any atom is 0.243 e. The predicted molar refractivity (Wildman–Crippen MR) is 400 cm³/mol. The summed E-state index contributed by atoms with van der Waals surface area (Å²) in [5.41, 5.74) is 29.1. The molecule has 0 aliphatic rings. The van der Waals surface area contributed by atoms with Crippen molar-refractivity contribution in [1.29, 1.82) is 0 Å². The van der Waals surface area contributed by atoms with E-state index in [0.717, 1.165) is 0 Å². The van der Waals surface area contributed by atoms with E-state index in [1.165, 1.54) is 27.7 Å². The second kappa shape index (κ2) is 50.8. The van der Waals surface area contributed by atoms with E-state index in [1.54, 1.807) is 34.6 Å². The third-order valence-electron chi connectivity index (χ3n) is 17.3. The van der Waals surface area contributed by atoms with Gasteiger partial charge in [0.25, 0.3) is 0 Å². The topological polar surface area (TPSA) is 525 Å². The van der Waals surface area contributed by atoms with Crippen LogP contribution in [0.5, 0.6) is 0 Å². The van der Waals surface area contributed by atoms with Gasteiger partial charge in [0, 0.05) is 0 Å². The van der Waals surface area contributed by atoms with Crippen molar-refractivity contribution in [2.75, 3.05) is 19.6 Å². The molecule has 0 aromatic carbocycles. The summed E-state index contributed by atoms with van der Waals surface area (Å²) in [4.78, 5) is 193. The van der Waals surface area contributed by atoms with Crippen LogP contribution < -0.4 is 97.8 Å². The summed E-state index contributed by atoms with van der Waals surface area (Å²) in [6, 6.07) is -16.3. The number of carbonyl (C=O) groups excluding carboxylic acids is 14. The zero-order valence-corrected chi connectivity index (χ0v) is 65.7. The maximum atomic E-state index is 14.2. The summed E-state index contributed by atoms with van der Waals surface area (Å²) in [6.07, 6.45) is 4.70. The number of rotatable bonds is 53. The Morgan fingerprint density at radius 2 is 0.481 bits per heavy atom. The average Bonchev–Trinajstić information content (AvgIpc) is 0.827. The standard InChI is InChI=1S/C72H136N18O14/c1-19-44(14)58(72(104)85-53(59(77)91)33-39(4)5)90-67(99)52(28-22-25-31-75)83-66(98)51(27-21-24-30-74)82-61(93)47(17)81-69(101)55(35-41(8)9)86-62(94)46(16)78-60(92)45(15)80-68(100)54(34-40(6)7)87-63(95)48(18)79-65(97)50(26-20-23-29-73)84-70(102)57(37-43(12)13)89-71(103)56(36-42(10)11)88-64(96)49(76)32-38(2)3/h38-58H,19-37,73-76H2,1-18H3,(H2,77,91)(H,78,92)(H,79,97)(H,80,100)(H,81,101)(H,82,93)(H,83,98)(H,84,102)(H,85,104)(H,86,94)(H,87,95)(H,88,96)(H,89,103)(H,90,99)/t44-,45-,46-,47-,48-,49-,50-,51-,52-,53-,54-,55-,56-,57-,58-/m0/s1. The van der Waals surface area contributed by atoms with Gasteiger partial charge in [-0.05, 0) is 185 Å². The van der Waals surface area contributed by atoms with E-state index >= 15 is 0 Å². The van der Waals surface area contributed by atoms with Crippen molar-refractivity contribution in [3.05, 3.63) is 0 Å². The first-order valence-electron chi connectivity index (χ1n) is 37.6. The van der Waals surface area contributed by atoms with Crippen molar-refractivity contribution in [2.24, 2.45) is 70.1 Å². The smallest absolute Gasteiger partial charge is 0.243 e. The van der Waals surface area contributed by atoms with Gasteiger partial charge in [0.2, 0.25) is 82.7 Å². The molecule has 0 rings (SSSR count). The molecule has 15 atom stereocenters. The van der Waals surface area contributed by atoms with Gasteiger partial charge in [-0.3, -0.25) is 67.1 Å². The molecule has 0 saturated heterocycles. The summed E-state index contributed by atoms with van der Waals surface area (Å²) >= 11 is 0. The van der Waals surface area contributed by atoms with Gasteiger partial charge in [-0.25, -0.2) is 0 Å². The second-order valence-electron chi connectivity index (χ2n) is 30.4. The van der Waals surface area contributed by atoms with E-state index in [-0.39, 0.29) is 93.4 Å². The highest BCUT2D eigenvalue weighted by molar-refractivity contribution is 6.00. The first-order chi connectivity index (χ1) is 48.5. The number of amides is 14. The minimum atomic E-state index is -1.29. The number of primary amides is 1. The molecule has 0 fully saturated rings. The lowest BCUT2D eigenvalue weighted by atomic mass is 9.96. The molecule has 23 N–H and O–H groups in total. The summed E-state index contributed by atoms with van der Waals surface area (Å²) < 4.78 is 0. The molecular weight excluding hydrogens is 1340 g/mol. The van der Waals surface area contributed by atoms with E-state index < -0.39 is 173 Å². The van der Waals surface area contributed by atoms with Crippen LogP contribution >= 0.6 is 0 Å². The average molecular weight is 1480 g/mol. The molecular formula is C72H136N18O14. The molecule has 0 aliphatic heterocycles. The van der Waals surface area contributed by atoms with Crippen LogP contribution in [0.1, 0.15) is 227 Å². The molecule has 0 aromatic rings. The Hall–Kier alpha value is -7.58. The van der Waals surface area contributed by atoms with Crippen molar-refractivity contribution >= 4 is 82.7 Å². The predicted octanol–water partition coefficient (Wildman–Crippen LogP) is -0.109. The van der Waals surface area contributed by atoms with Crippen LogP contribution in [0.4, 0.5) is 0 Å². The zero-order valence-electron chi connectivity index (χ0n) is 65.7. The van der Waals surface area contributed by atoms with Gasteiger partial charge in [0.05, 0.1) is 6.04 Å². The van der Waals surface area contributed by atoms with Crippen LogP contribution in [0.15, 0.2) is 0 Å². The molecule has 104 heavy (non-hydrogen) atoms. The first kappa shape index (κ1) is 96.4. The van der Waals surface area contributed by atoms with Gasteiger partial charge >= 0.3 is 0 Å². The van der Waals surface area contributed by atoms with E-state index in [9.17, 15) is 67.1 Å². The lowest BCUT2D eigenvalue weighted by Crippen LogP contribution is -2.60. The Morgan fingerprint density at radius 3 is 0.779 bits per heavy atom. The van der Waals surface area contributed by atoms with Crippen molar-refractivity contribution in [1.82, 2.24) is 69.1 Å². The number of unbranched alkanes of at least 4 members (excludes halogenated alkanes) is 3. The molecule has 0 aromatic heterocycles. The molecule has 0 bridgehead atoms. The van der Waals surface area contributed by atoms with Crippen LogP contribution in [0.2, 0.25) is 0 Å². The highest BCUT2D eigenvalue weighted by atomic mass is 16.2. The Bertz CT molecular complexity index is 2740. The fourth-order valence-electron chi connectivity index (χ4n) is 11.2. The monoisotopic (exact) mass is 1480 g/mol. The summed E-state index contributed by atoms with van der Waals surface area (Å²) in [7, 11) is 0. The van der Waals surface area contributed by atoms with E-state index in [4.69, 9.17) is 28.7 Å². The normalized spacial score (nSPS) is 15.9. The Balaban J connectivity index is 6.36. The van der Waals surface area contributed by atoms with Crippen molar-refractivity contribution in [3.8, 4) is 0 Å². The van der Waals surface area contributed by atoms with Crippen molar-refractivity contribution in [3.63, 3.8) is 0 Å². The van der Waals surface area contributed by atoms with Gasteiger partial charge in [0.1, 0.15) is 78.5 Å². The van der Waals surface area contributed by atoms with E-state index in [1.807, 2.05) is 62.3 Å². The van der Waals surface area contributed by atoms with E-state index in [2.05, 4.69) is 69.1 Å². The molecule has 32 nitrogen and oxygen atoms in total. The van der Waals surface area contributed by atoms with Crippen molar-refractivity contribution in [2.45, 2.75) is 312 Å². The molecule has 32 heteroatoms. The Kier molecular flexibility index (Phi) is 47.1. The Labute approximate surface area is 618 Å². The van der Waals surface area contributed by atoms with Gasteiger partial charge < -0.3 is 97.8 Å². The molecule has 0 saturated carbocycles. The fourth-order valence-corrected chi connectivity index (χ4v) is 11.2. The SMILES string of the molecule is CC[C@H](C)[C@H](NC(=O)[C@H](CCCCN)NC(=O)[C@H](CCCCN)NC(=O)[C@H](C)NC(=O)[C@H](CC(C)C)NC(=O)[C@H](C)NC(=O)[C@H](C)NC(=O)[C@H](CC(C)C)NC(=O)[C@H](C)NC(=O)[C@H](CCCCN)NC(=O)[C@H](CC(C)C)NC(=O)[C@H](CC(C)C)NC(=O)[C@@H](N)CC(C)C)C(=O)N[C@@H](CC(C)C)C(N)=O. The number of carbonyl (C=O) groups is 14.